The predicted molar refractivity (Wildman–Crippen MR) is 80.6 cm³/mol. The first kappa shape index (κ1) is 13.8. The highest BCUT2D eigenvalue weighted by atomic mass is 19.1. The smallest absolute Gasteiger partial charge is 0.220 e. The van der Waals surface area contributed by atoms with E-state index in [1.54, 1.807) is 18.2 Å². The molecule has 0 atom stereocenters. The highest BCUT2D eigenvalue weighted by Crippen LogP contribution is 2.35. The van der Waals surface area contributed by atoms with Crippen LogP contribution in [0.4, 0.5) is 10.3 Å². The van der Waals surface area contributed by atoms with Gasteiger partial charge < -0.3 is 15.9 Å². The highest BCUT2D eigenvalue weighted by Gasteiger charge is 2.12. The molecule has 0 saturated carbocycles. The van der Waals surface area contributed by atoms with Crippen LogP contribution in [0.5, 0.6) is 11.5 Å². The number of nitrogens with two attached hydrogens (primary N) is 1. The molecule has 0 spiro atoms. The summed E-state index contributed by atoms with van der Waals surface area (Å²) in [6.07, 6.45) is 1.50. The Morgan fingerprint density at radius 3 is 2.50 bits per heavy atom. The fourth-order valence-electron chi connectivity index (χ4n) is 2.19. The monoisotopic (exact) mass is 297 g/mol. The molecule has 4 N–H and O–H groups in total. The summed E-state index contributed by atoms with van der Waals surface area (Å²) in [7, 11) is 0. The van der Waals surface area contributed by atoms with Gasteiger partial charge in [0, 0.05) is 11.8 Å². The molecule has 0 amide bonds. The Bertz CT molecular complexity index is 853. The van der Waals surface area contributed by atoms with E-state index in [4.69, 9.17) is 5.73 Å². The van der Waals surface area contributed by atoms with E-state index in [0.29, 0.717) is 22.4 Å². The maximum absolute atomic E-state index is 13.6. The first-order valence-electron chi connectivity index (χ1n) is 6.45. The number of hydrogen-bond donors (Lipinski definition) is 3. The lowest BCUT2D eigenvalue weighted by Gasteiger charge is -2.11. The van der Waals surface area contributed by atoms with Crippen molar-refractivity contribution in [2.75, 3.05) is 5.73 Å². The molecule has 0 aliphatic rings. The molecule has 1 aromatic heterocycles. The lowest BCUT2D eigenvalue weighted by atomic mass is 9.97. The zero-order chi connectivity index (χ0) is 15.7. The molecule has 0 bridgehead atoms. The van der Waals surface area contributed by atoms with Crippen LogP contribution in [0.2, 0.25) is 0 Å². The third kappa shape index (κ3) is 2.54. The van der Waals surface area contributed by atoms with Crippen molar-refractivity contribution in [3.05, 3.63) is 54.5 Å². The minimum Gasteiger partial charge on any atom is -0.508 e. The van der Waals surface area contributed by atoms with Crippen LogP contribution in [0, 0.1) is 5.82 Å². The predicted octanol–water partition coefficient (Wildman–Crippen LogP) is 2.94. The second-order valence-electron chi connectivity index (χ2n) is 4.70. The van der Waals surface area contributed by atoms with Crippen LogP contribution in [0.25, 0.3) is 22.4 Å². The van der Waals surface area contributed by atoms with Crippen LogP contribution >= 0.6 is 0 Å². The number of phenolic OH excluding ortho intramolecular Hbond substituents is 2. The summed E-state index contributed by atoms with van der Waals surface area (Å²) in [5.41, 5.74) is 7.87. The van der Waals surface area contributed by atoms with E-state index in [2.05, 4.69) is 9.97 Å². The van der Waals surface area contributed by atoms with Crippen molar-refractivity contribution in [2.24, 2.45) is 0 Å². The summed E-state index contributed by atoms with van der Waals surface area (Å²) in [6, 6.07) is 10.4. The van der Waals surface area contributed by atoms with Gasteiger partial charge in [0.05, 0.1) is 5.69 Å². The minimum atomic E-state index is -0.723. The third-order valence-electron chi connectivity index (χ3n) is 3.21. The standard InChI is InChI=1S/C16H12FN3O2/c17-13-7-9(1-4-15(13)22)11-3-2-10(21)8-12(11)14-5-6-19-16(18)20-14/h1-8,21-22H,(H2,18,19,20). The Balaban J connectivity index is 2.22. The number of hydrogen-bond acceptors (Lipinski definition) is 5. The van der Waals surface area contributed by atoms with Crippen LogP contribution in [0.15, 0.2) is 48.7 Å². The quantitative estimate of drug-likeness (QED) is 0.676. The van der Waals surface area contributed by atoms with Crippen molar-refractivity contribution < 1.29 is 14.6 Å². The Morgan fingerprint density at radius 1 is 0.955 bits per heavy atom. The summed E-state index contributed by atoms with van der Waals surface area (Å²) >= 11 is 0. The molecule has 110 valence electrons. The number of aromatic nitrogens is 2. The van der Waals surface area contributed by atoms with Crippen LogP contribution in [-0.4, -0.2) is 20.2 Å². The van der Waals surface area contributed by atoms with Gasteiger partial charge in [0.15, 0.2) is 11.6 Å². The summed E-state index contributed by atoms with van der Waals surface area (Å²) in [4.78, 5) is 7.95. The first-order chi connectivity index (χ1) is 10.5. The minimum absolute atomic E-state index is 0.0511. The van der Waals surface area contributed by atoms with E-state index >= 15 is 0 Å². The number of nitrogen functional groups attached to an aromatic ring is 1. The second kappa shape index (κ2) is 5.33. The first-order valence-corrected chi connectivity index (χ1v) is 6.45. The fourth-order valence-corrected chi connectivity index (χ4v) is 2.19. The number of benzene rings is 2. The molecule has 0 aliphatic heterocycles. The molecule has 3 aromatic rings. The maximum atomic E-state index is 13.6. The number of anilines is 1. The van der Waals surface area contributed by atoms with E-state index < -0.39 is 11.6 Å². The van der Waals surface area contributed by atoms with Crippen molar-refractivity contribution in [1.29, 1.82) is 0 Å². The second-order valence-corrected chi connectivity index (χ2v) is 4.70. The van der Waals surface area contributed by atoms with Gasteiger partial charge >= 0.3 is 0 Å². The molecule has 5 nitrogen and oxygen atoms in total. The molecule has 3 rings (SSSR count). The van der Waals surface area contributed by atoms with E-state index in [9.17, 15) is 14.6 Å². The average molecular weight is 297 g/mol. The Labute approximate surface area is 125 Å². The maximum Gasteiger partial charge on any atom is 0.220 e. The zero-order valence-corrected chi connectivity index (χ0v) is 11.4. The van der Waals surface area contributed by atoms with E-state index in [1.165, 1.54) is 30.5 Å². The van der Waals surface area contributed by atoms with Crippen LogP contribution in [0.1, 0.15) is 0 Å². The number of phenols is 2. The van der Waals surface area contributed by atoms with Crippen molar-refractivity contribution in [1.82, 2.24) is 9.97 Å². The van der Waals surface area contributed by atoms with Gasteiger partial charge in [-0.15, -0.1) is 0 Å². The normalized spacial score (nSPS) is 10.6. The topological polar surface area (TPSA) is 92.3 Å². The van der Waals surface area contributed by atoms with Crippen molar-refractivity contribution in [2.45, 2.75) is 0 Å². The Hall–Kier alpha value is -3.15. The summed E-state index contributed by atoms with van der Waals surface area (Å²) in [5.74, 6) is -0.993. The van der Waals surface area contributed by atoms with E-state index in [1.807, 2.05) is 0 Å². The Morgan fingerprint density at radius 2 is 1.77 bits per heavy atom. The fraction of sp³-hybridized carbons (Fsp3) is 0. The van der Waals surface area contributed by atoms with Gasteiger partial charge in [0.2, 0.25) is 5.95 Å². The van der Waals surface area contributed by atoms with Gasteiger partial charge in [-0.1, -0.05) is 12.1 Å². The summed E-state index contributed by atoms with van der Waals surface area (Å²) in [5, 5.41) is 19.0. The van der Waals surface area contributed by atoms with Gasteiger partial charge in [-0.3, -0.25) is 0 Å². The average Bonchev–Trinajstić information content (AvgIpc) is 2.50. The van der Waals surface area contributed by atoms with Gasteiger partial charge in [0.1, 0.15) is 5.75 Å². The molecular weight excluding hydrogens is 285 g/mol. The Kier molecular flexibility index (Phi) is 3.34. The van der Waals surface area contributed by atoms with Crippen molar-refractivity contribution in [3.63, 3.8) is 0 Å². The van der Waals surface area contributed by atoms with Crippen LogP contribution < -0.4 is 5.73 Å². The van der Waals surface area contributed by atoms with Crippen LogP contribution in [-0.2, 0) is 0 Å². The SMILES string of the molecule is Nc1nccc(-c2cc(O)ccc2-c2ccc(O)c(F)c2)n1. The highest BCUT2D eigenvalue weighted by molar-refractivity contribution is 5.83. The largest absolute Gasteiger partial charge is 0.508 e. The number of halogens is 1. The lowest BCUT2D eigenvalue weighted by molar-refractivity contribution is 0.432. The zero-order valence-electron chi connectivity index (χ0n) is 11.4. The molecule has 6 heteroatoms. The molecule has 0 saturated heterocycles. The van der Waals surface area contributed by atoms with Gasteiger partial charge in [0.25, 0.3) is 0 Å². The molecule has 22 heavy (non-hydrogen) atoms. The molecule has 1 heterocycles. The van der Waals surface area contributed by atoms with Gasteiger partial charge in [-0.25, -0.2) is 14.4 Å². The third-order valence-corrected chi connectivity index (χ3v) is 3.21. The van der Waals surface area contributed by atoms with Crippen molar-refractivity contribution >= 4 is 5.95 Å². The van der Waals surface area contributed by atoms with Crippen LogP contribution in [0.3, 0.4) is 0 Å². The van der Waals surface area contributed by atoms with Gasteiger partial charge in [-0.05, 0) is 41.5 Å². The lowest BCUT2D eigenvalue weighted by Crippen LogP contribution is -1.96. The van der Waals surface area contributed by atoms with Crippen molar-refractivity contribution in [3.8, 4) is 33.9 Å². The summed E-state index contributed by atoms with van der Waals surface area (Å²) in [6.45, 7) is 0. The summed E-state index contributed by atoms with van der Waals surface area (Å²) < 4.78 is 13.6. The number of aromatic hydroxyl groups is 2. The van der Waals surface area contributed by atoms with Gasteiger partial charge in [-0.2, -0.15) is 0 Å². The molecule has 0 aliphatic carbocycles. The molecular formula is C16H12FN3O2. The number of rotatable bonds is 2. The molecule has 2 aromatic carbocycles. The van der Waals surface area contributed by atoms with E-state index in [0.717, 1.165) is 0 Å². The molecule has 0 fully saturated rings. The molecule has 0 radical (unpaired) electrons. The number of nitrogens with zero attached hydrogens (tertiary/aromatic N) is 2. The van der Waals surface area contributed by atoms with E-state index in [-0.39, 0.29) is 11.7 Å². The molecule has 0 unspecified atom stereocenters.